The number of methoxy groups -OCH3 is 1. The molecule has 0 heterocycles. The fraction of sp³-hybridized carbons (Fsp3) is 0.100. The molecule has 0 aliphatic carbocycles. The van der Waals surface area contributed by atoms with Crippen LogP contribution in [-0.2, 0) is 9.53 Å². The SMILES string of the molecule is COC(=O)/C=C/c1ccc(N)c(F)c1. The monoisotopic (exact) mass is 195 g/mol. The highest BCUT2D eigenvalue weighted by Gasteiger charge is 1.98. The van der Waals surface area contributed by atoms with Gasteiger partial charge in [-0.2, -0.15) is 0 Å². The first-order valence-corrected chi connectivity index (χ1v) is 3.94. The van der Waals surface area contributed by atoms with Crippen molar-refractivity contribution in [2.45, 2.75) is 0 Å². The maximum Gasteiger partial charge on any atom is 0.330 e. The van der Waals surface area contributed by atoms with Crippen LogP contribution in [0.3, 0.4) is 0 Å². The Morgan fingerprint density at radius 3 is 2.86 bits per heavy atom. The maximum atomic E-state index is 12.9. The van der Waals surface area contributed by atoms with Crippen molar-refractivity contribution in [3.63, 3.8) is 0 Å². The van der Waals surface area contributed by atoms with Crippen molar-refractivity contribution in [1.29, 1.82) is 0 Å². The van der Waals surface area contributed by atoms with Crippen LogP contribution >= 0.6 is 0 Å². The minimum Gasteiger partial charge on any atom is -0.466 e. The van der Waals surface area contributed by atoms with Gasteiger partial charge in [0.15, 0.2) is 0 Å². The Kier molecular flexibility index (Phi) is 3.23. The smallest absolute Gasteiger partial charge is 0.330 e. The standard InChI is InChI=1S/C10H10FNO2/c1-14-10(13)5-3-7-2-4-9(12)8(11)6-7/h2-6H,12H2,1H3/b5-3+. The van der Waals surface area contributed by atoms with Crippen LogP contribution in [0.15, 0.2) is 24.3 Å². The van der Waals surface area contributed by atoms with Crippen molar-refractivity contribution < 1.29 is 13.9 Å². The summed E-state index contributed by atoms with van der Waals surface area (Å²) in [6.45, 7) is 0. The Morgan fingerprint density at radius 2 is 2.29 bits per heavy atom. The van der Waals surface area contributed by atoms with Gasteiger partial charge in [-0.3, -0.25) is 0 Å². The second kappa shape index (κ2) is 4.41. The third kappa shape index (κ3) is 2.58. The number of ether oxygens (including phenoxy) is 1. The number of nitrogens with two attached hydrogens (primary N) is 1. The second-order valence-electron chi connectivity index (χ2n) is 2.64. The van der Waals surface area contributed by atoms with Crippen molar-refractivity contribution in [2.75, 3.05) is 12.8 Å². The van der Waals surface area contributed by atoms with Gasteiger partial charge in [-0.25, -0.2) is 9.18 Å². The zero-order chi connectivity index (χ0) is 10.6. The third-order valence-corrected chi connectivity index (χ3v) is 1.64. The van der Waals surface area contributed by atoms with E-state index < -0.39 is 11.8 Å². The molecule has 0 saturated carbocycles. The van der Waals surface area contributed by atoms with Crippen LogP contribution < -0.4 is 5.73 Å². The summed E-state index contributed by atoms with van der Waals surface area (Å²) in [6.07, 6.45) is 2.67. The highest BCUT2D eigenvalue weighted by atomic mass is 19.1. The lowest BCUT2D eigenvalue weighted by Crippen LogP contribution is -1.94. The van der Waals surface area contributed by atoms with Gasteiger partial charge >= 0.3 is 5.97 Å². The third-order valence-electron chi connectivity index (χ3n) is 1.64. The fourth-order valence-electron chi connectivity index (χ4n) is 0.879. The van der Waals surface area contributed by atoms with E-state index in [2.05, 4.69) is 4.74 Å². The van der Waals surface area contributed by atoms with E-state index in [9.17, 15) is 9.18 Å². The molecule has 1 aromatic carbocycles. The normalized spacial score (nSPS) is 10.4. The molecule has 74 valence electrons. The average molecular weight is 195 g/mol. The molecule has 0 spiro atoms. The lowest BCUT2D eigenvalue weighted by Gasteiger charge is -1.97. The predicted molar refractivity (Wildman–Crippen MR) is 51.9 cm³/mol. The number of esters is 1. The summed E-state index contributed by atoms with van der Waals surface area (Å²) in [7, 11) is 1.27. The highest BCUT2D eigenvalue weighted by molar-refractivity contribution is 5.86. The first kappa shape index (κ1) is 10.2. The van der Waals surface area contributed by atoms with Crippen LogP contribution in [0.1, 0.15) is 5.56 Å². The lowest BCUT2D eigenvalue weighted by molar-refractivity contribution is -0.134. The first-order valence-electron chi connectivity index (χ1n) is 3.94. The number of hydrogen-bond acceptors (Lipinski definition) is 3. The van der Waals surface area contributed by atoms with Gasteiger partial charge < -0.3 is 10.5 Å². The molecule has 0 bridgehead atoms. The van der Waals surface area contributed by atoms with Gasteiger partial charge in [-0.1, -0.05) is 6.07 Å². The molecule has 0 unspecified atom stereocenters. The van der Waals surface area contributed by atoms with Gasteiger partial charge in [0.1, 0.15) is 5.82 Å². The van der Waals surface area contributed by atoms with E-state index in [1.165, 1.54) is 31.4 Å². The van der Waals surface area contributed by atoms with Crippen LogP contribution in [0.4, 0.5) is 10.1 Å². The van der Waals surface area contributed by atoms with Crippen molar-refractivity contribution in [3.05, 3.63) is 35.7 Å². The van der Waals surface area contributed by atoms with Crippen LogP contribution in [0.5, 0.6) is 0 Å². The largest absolute Gasteiger partial charge is 0.466 e. The number of hydrogen-bond donors (Lipinski definition) is 1. The number of nitrogen functional groups attached to an aromatic ring is 1. The van der Waals surface area contributed by atoms with Crippen molar-refractivity contribution in [1.82, 2.24) is 0 Å². The van der Waals surface area contributed by atoms with Gasteiger partial charge in [0.2, 0.25) is 0 Å². The Morgan fingerprint density at radius 1 is 1.57 bits per heavy atom. The Bertz CT molecular complexity index is 374. The first-order chi connectivity index (χ1) is 6.63. The van der Waals surface area contributed by atoms with Crippen molar-refractivity contribution in [3.8, 4) is 0 Å². The molecular weight excluding hydrogens is 185 g/mol. The number of anilines is 1. The molecule has 2 N–H and O–H groups in total. The molecule has 0 saturated heterocycles. The van der Waals surface area contributed by atoms with Crippen molar-refractivity contribution >= 4 is 17.7 Å². The lowest BCUT2D eigenvalue weighted by atomic mass is 10.2. The highest BCUT2D eigenvalue weighted by Crippen LogP contribution is 2.12. The molecule has 0 aliphatic heterocycles. The van der Waals surface area contributed by atoms with Gasteiger partial charge in [0, 0.05) is 6.08 Å². The molecule has 0 aromatic heterocycles. The minimum absolute atomic E-state index is 0.0835. The van der Waals surface area contributed by atoms with Crippen molar-refractivity contribution in [2.24, 2.45) is 0 Å². The summed E-state index contributed by atoms with van der Waals surface area (Å²) in [5.74, 6) is -0.987. The summed E-state index contributed by atoms with van der Waals surface area (Å²) in [6, 6.07) is 4.29. The van der Waals surface area contributed by atoms with Crippen LogP contribution in [0.2, 0.25) is 0 Å². The number of carbonyl (C=O) groups is 1. The van der Waals surface area contributed by atoms with E-state index in [-0.39, 0.29) is 5.69 Å². The molecule has 1 aromatic rings. The number of benzene rings is 1. The van der Waals surface area contributed by atoms with E-state index >= 15 is 0 Å². The molecule has 0 atom stereocenters. The molecule has 0 aliphatic rings. The van der Waals surface area contributed by atoms with Gasteiger partial charge in [-0.15, -0.1) is 0 Å². The molecule has 4 heteroatoms. The van der Waals surface area contributed by atoms with Gasteiger partial charge in [0.25, 0.3) is 0 Å². The zero-order valence-corrected chi connectivity index (χ0v) is 7.66. The zero-order valence-electron chi connectivity index (χ0n) is 7.66. The summed E-state index contributed by atoms with van der Waals surface area (Å²) >= 11 is 0. The summed E-state index contributed by atoms with van der Waals surface area (Å²) in [4.78, 5) is 10.7. The Balaban J connectivity index is 2.83. The summed E-state index contributed by atoms with van der Waals surface area (Å²) in [5, 5.41) is 0. The van der Waals surface area contributed by atoms with E-state index in [1.54, 1.807) is 6.07 Å². The summed E-state index contributed by atoms with van der Waals surface area (Å²) in [5.41, 5.74) is 5.92. The molecule has 1 rings (SSSR count). The fourth-order valence-corrected chi connectivity index (χ4v) is 0.879. The number of halogens is 1. The molecule has 0 amide bonds. The average Bonchev–Trinajstić information content (AvgIpc) is 2.19. The van der Waals surface area contributed by atoms with Crippen LogP contribution in [-0.4, -0.2) is 13.1 Å². The van der Waals surface area contributed by atoms with E-state index in [4.69, 9.17) is 5.73 Å². The quantitative estimate of drug-likeness (QED) is 0.443. The van der Waals surface area contributed by atoms with E-state index in [1.807, 2.05) is 0 Å². The summed E-state index contributed by atoms with van der Waals surface area (Å²) < 4.78 is 17.3. The number of carbonyl (C=O) groups excluding carboxylic acids is 1. The molecule has 3 nitrogen and oxygen atoms in total. The molecule has 0 fully saturated rings. The molecular formula is C10H10FNO2. The minimum atomic E-state index is -0.503. The second-order valence-corrected chi connectivity index (χ2v) is 2.64. The Hall–Kier alpha value is -1.84. The van der Waals surface area contributed by atoms with Gasteiger partial charge in [0.05, 0.1) is 12.8 Å². The number of rotatable bonds is 2. The maximum absolute atomic E-state index is 12.9. The molecule has 14 heavy (non-hydrogen) atoms. The predicted octanol–water partition coefficient (Wildman–Crippen LogP) is 1.59. The molecule has 0 radical (unpaired) electrons. The van der Waals surface area contributed by atoms with E-state index in [0.717, 1.165) is 0 Å². The van der Waals surface area contributed by atoms with Gasteiger partial charge in [-0.05, 0) is 23.8 Å². The van der Waals surface area contributed by atoms with Crippen LogP contribution in [0.25, 0.3) is 6.08 Å². The topological polar surface area (TPSA) is 52.3 Å². The van der Waals surface area contributed by atoms with E-state index in [0.29, 0.717) is 5.56 Å². The Labute approximate surface area is 81.0 Å². The van der Waals surface area contributed by atoms with Crippen LogP contribution in [0, 0.1) is 5.82 Å².